The molecule has 0 bridgehead atoms. The summed E-state index contributed by atoms with van der Waals surface area (Å²) >= 11 is 4.89. The number of hydrogen-bond donors (Lipinski definition) is 2. The van der Waals surface area contributed by atoms with Crippen molar-refractivity contribution < 1.29 is 0 Å². The molecule has 0 aliphatic rings. The van der Waals surface area contributed by atoms with Crippen LogP contribution in [-0.4, -0.2) is 5.11 Å². The highest BCUT2D eigenvalue weighted by Gasteiger charge is 2.07. The third kappa shape index (κ3) is 2.93. The molecule has 0 radical (unpaired) electrons. The quantitative estimate of drug-likeness (QED) is 0.772. The van der Waals surface area contributed by atoms with E-state index >= 15 is 0 Å². The van der Waals surface area contributed by atoms with Crippen LogP contribution in [0.5, 0.6) is 0 Å². The molecule has 2 nitrogen and oxygen atoms in total. The Bertz CT molecular complexity index is 347. The summed E-state index contributed by atoms with van der Waals surface area (Å²) in [7, 11) is 0. The normalized spacial score (nSPS) is 10.1. The Labute approximate surface area is 96.9 Å². The Balaban J connectivity index is 3.23. The minimum atomic E-state index is 0.336. The number of thiocarbonyl (C=S) groups is 1. The molecular formula is C12H18N2S. The molecule has 1 rings (SSSR count). The van der Waals surface area contributed by atoms with Crippen LogP contribution >= 0.6 is 12.2 Å². The van der Waals surface area contributed by atoms with Gasteiger partial charge in [0.05, 0.1) is 0 Å². The summed E-state index contributed by atoms with van der Waals surface area (Å²) in [4.78, 5) is 0. The maximum absolute atomic E-state index is 5.53. The van der Waals surface area contributed by atoms with Crippen LogP contribution in [0, 0.1) is 6.92 Å². The van der Waals surface area contributed by atoms with Gasteiger partial charge in [0, 0.05) is 5.69 Å². The minimum Gasteiger partial charge on any atom is -0.376 e. The maximum atomic E-state index is 5.53. The molecule has 0 unspecified atom stereocenters. The lowest BCUT2D eigenvalue weighted by Crippen LogP contribution is -2.21. The second-order valence-corrected chi connectivity index (χ2v) is 4.09. The van der Waals surface area contributed by atoms with Crippen LogP contribution in [0.1, 0.15) is 30.5 Å². The molecule has 0 aliphatic heterocycles. The van der Waals surface area contributed by atoms with Crippen LogP contribution in [0.3, 0.4) is 0 Å². The van der Waals surface area contributed by atoms with Crippen molar-refractivity contribution in [2.75, 3.05) is 5.32 Å². The molecule has 3 N–H and O–H groups in total. The highest BCUT2D eigenvalue weighted by molar-refractivity contribution is 7.80. The van der Waals surface area contributed by atoms with E-state index < -0.39 is 0 Å². The Kier molecular flexibility index (Phi) is 4.09. The van der Waals surface area contributed by atoms with Gasteiger partial charge in [-0.05, 0) is 43.1 Å². The molecular weight excluding hydrogens is 204 g/mol. The van der Waals surface area contributed by atoms with Gasteiger partial charge < -0.3 is 11.1 Å². The van der Waals surface area contributed by atoms with Gasteiger partial charge in [0.2, 0.25) is 0 Å². The van der Waals surface area contributed by atoms with Gasteiger partial charge in [0.25, 0.3) is 0 Å². The van der Waals surface area contributed by atoms with E-state index in [-0.39, 0.29) is 0 Å². The summed E-state index contributed by atoms with van der Waals surface area (Å²) in [5, 5.41) is 3.42. The number of benzene rings is 1. The number of anilines is 1. The number of hydrogen-bond acceptors (Lipinski definition) is 1. The zero-order valence-corrected chi connectivity index (χ0v) is 10.4. The number of rotatable bonds is 3. The van der Waals surface area contributed by atoms with Gasteiger partial charge in [-0.1, -0.05) is 31.5 Å². The molecule has 0 aliphatic carbocycles. The first-order valence-corrected chi connectivity index (χ1v) is 5.68. The first-order chi connectivity index (χ1) is 7.08. The van der Waals surface area contributed by atoms with Crippen LogP contribution in [0.15, 0.2) is 12.1 Å². The third-order valence-corrected chi connectivity index (χ3v) is 2.56. The summed E-state index contributed by atoms with van der Waals surface area (Å²) in [5.41, 5.74) is 10.5. The Morgan fingerprint density at radius 3 is 2.07 bits per heavy atom. The fourth-order valence-corrected chi connectivity index (χ4v) is 1.89. The standard InChI is InChI=1S/C12H18N2S/c1-4-9-6-8(3)7-10(5-2)11(9)14-12(13)15/h6-7H,4-5H2,1-3H3,(H3,13,14,15). The second-order valence-electron chi connectivity index (χ2n) is 3.65. The Morgan fingerprint density at radius 2 is 1.73 bits per heavy atom. The minimum absolute atomic E-state index is 0.336. The van der Waals surface area contributed by atoms with Crippen molar-refractivity contribution in [3.63, 3.8) is 0 Å². The van der Waals surface area contributed by atoms with Gasteiger partial charge >= 0.3 is 0 Å². The van der Waals surface area contributed by atoms with Crippen LogP contribution in [0.25, 0.3) is 0 Å². The molecule has 0 spiro atoms. The molecule has 3 heteroatoms. The lowest BCUT2D eigenvalue weighted by Gasteiger charge is -2.15. The summed E-state index contributed by atoms with van der Waals surface area (Å²) in [5.74, 6) is 0. The first kappa shape index (κ1) is 12.0. The number of aryl methyl sites for hydroxylation is 3. The van der Waals surface area contributed by atoms with E-state index in [4.69, 9.17) is 18.0 Å². The van der Waals surface area contributed by atoms with Crippen molar-refractivity contribution in [2.45, 2.75) is 33.6 Å². The molecule has 0 saturated carbocycles. The molecule has 1 aromatic rings. The lowest BCUT2D eigenvalue weighted by molar-refractivity contribution is 1.08. The van der Waals surface area contributed by atoms with E-state index in [1.807, 2.05) is 0 Å². The summed E-state index contributed by atoms with van der Waals surface area (Å²) in [6, 6.07) is 4.36. The molecule has 0 heterocycles. The van der Waals surface area contributed by atoms with Gasteiger partial charge in [-0.15, -0.1) is 0 Å². The smallest absolute Gasteiger partial charge is 0.168 e. The molecule has 0 saturated heterocycles. The third-order valence-electron chi connectivity index (χ3n) is 2.46. The SMILES string of the molecule is CCc1cc(C)cc(CC)c1NC(N)=S. The van der Waals surface area contributed by atoms with Crippen molar-refractivity contribution in [3.8, 4) is 0 Å². The van der Waals surface area contributed by atoms with E-state index in [0.717, 1.165) is 18.5 Å². The van der Waals surface area contributed by atoms with E-state index in [0.29, 0.717) is 5.11 Å². The predicted molar refractivity (Wildman–Crippen MR) is 70.3 cm³/mol. The molecule has 82 valence electrons. The van der Waals surface area contributed by atoms with E-state index in [2.05, 4.69) is 38.2 Å². The van der Waals surface area contributed by atoms with Gasteiger partial charge in [0.1, 0.15) is 0 Å². The molecule has 0 atom stereocenters. The predicted octanol–water partition coefficient (Wildman–Crippen LogP) is 2.78. The van der Waals surface area contributed by atoms with Crippen LogP contribution < -0.4 is 11.1 Å². The molecule has 15 heavy (non-hydrogen) atoms. The zero-order chi connectivity index (χ0) is 11.4. The van der Waals surface area contributed by atoms with Gasteiger partial charge in [-0.25, -0.2) is 0 Å². The van der Waals surface area contributed by atoms with Crippen molar-refractivity contribution in [1.82, 2.24) is 0 Å². The van der Waals surface area contributed by atoms with Crippen molar-refractivity contribution in [2.24, 2.45) is 5.73 Å². The Morgan fingerprint density at radius 1 is 1.27 bits per heavy atom. The zero-order valence-electron chi connectivity index (χ0n) is 9.55. The average Bonchev–Trinajstić information content (AvgIpc) is 2.19. The second kappa shape index (κ2) is 5.12. The van der Waals surface area contributed by atoms with Gasteiger partial charge in [0.15, 0.2) is 5.11 Å². The van der Waals surface area contributed by atoms with Gasteiger partial charge in [-0.2, -0.15) is 0 Å². The monoisotopic (exact) mass is 222 g/mol. The van der Waals surface area contributed by atoms with Gasteiger partial charge in [-0.3, -0.25) is 0 Å². The fourth-order valence-electron chi connectivity index (χ4n) is 1.78. The molecule has 0 fully saturated rings. The lowest BCUT2D eigenvalue weighted by atomic mass is 10.00. The molecule has 1 aromatic carbocycles. The van der Waals surface area contributed by atoms with Crippen LogP contribution in [0.4, 0.5) is 5.69 Å². The average molecular weight is 222 g/mol. The van der Waals surface area contributed by atoms with Crippen molar-refractivity contribution in [3.05, 3.63) is 28.8 Å². The Hall–Kier alpha value is -1.09. The highest BCUT2D eigenvalue weighted by atomic mass is 32.1. The summed E-state index contributed by atoms with van der Waals surface area (Å²) in [6.45, 7) is 6.39. The van der Waals surface area contributed by atoms with Crippen molar-refractivity contribution in [1.29, 1.82) is 0 Å². The van der Waals surface area contributed by atoms with E-state index in [1.54, 1.807) is 0 Å². The molecule has 0 amide bonds. The van der Waals surface area contributed by atoms with E-state index in [9.17, 15) is 0 Å². The molecule has 0 aromatic heterocycles. The van der Waals surface area contributed by atoms with Crippen molar-refractivity contribution >= 4 is 23.0 Å². The number of nitrogens with one attached hydrogen (secondary N) is 1. The first-order valence-electron chi connectivity index (χ1n) is 5.27. The van der Waals surface area contributed by atoms with E-state index in [1.165, 1.54) is 16.7 Å². The van der Waals surface area contributed by atoms with Crippen LogP contribution in [-0.2, 0) is 12.8 Å². The maximum Gasteiger partial charge on any atom is 0.168 e. The number of nitrogens with two attached hydrogens (primary N) is 1. The summed E-state index contributed by atoms with van der Waals surface area (Å²) < 4.78 is 0. The summed E-state index contributed by atoms with van der Waals surface area (Å²) in [6.07, 6.45) is 1.97. The topological polar surface area (TPSA) is 38.0 Å². The van der Waals surface area contributed by atoms with Crippen LogP contribution in [0.2, 0.25) is 0 Å². The highest BCUT2D eigenvalue weighted by Crippen LogP contribution is 2.24. The largest absolute Gasteiger partial charge is 0.376 e. The fraction of sp³-hybridized carbons (Fsp3) is 0.417.